The number of rotatable bonds is 12. The predicted molar refractivity (Wildman–Crippen MR) is 163 cm³/mol. The first-order valence-corrected chi connectivity index (χ1v) is 15.5. The smallest absolute Gasteiger partial charge is 0.356 e. The van der Waals surface area contributed by atoms with Gasteiger partial charge in [0.2, 0.25) is 28.6 Å². The summed E-state index contributed by atoms with van der Waals surface area (Å²) in [6, 6.07) is 15.9. The van der Waals surface area contributed by atoms with E-state index in [-0.39, 0.29) is 58.6 Å². The minimum absolute atomic E-state index is 0.0128. The highest BCUT2D eigenvalue weighted by Crippen LogP contribution is 2.36. The van der Waals surface area contributed by atoms with E-state index in [0.717, 1.165) is 0 Å². The number of nitrogens with zero attached hydrogens (tertiary/aromatic N) is 2. The van der Waals surface area contributed by atoms with Crippen LogP contribution in [0.4, 0.5) is 5.69 Å². The summed E-state index contributed by atoms with van der Waals surface area (Å²) in [6.07, 6.45) is 0.593. The minimum atomic E-state index is -4.28. The van der Waals surface area contributed by atoms with Crippen LogP contribution in [0.2, 0.25) is 0 Å². The minimum Gasteiger partial charge on any atom is -0.497 e. The molecule has 3 aromatic carbocycles. The molecular weight excluding hydrogens is 604 g/mol. The molecule has 45 heavy (non-hydrogen) atoms. The van der Waals surface area contributed by atoms with Gasteiger partial charge in [-0.3, -0.25) is 4.79 Å². The lowest BCUT2D eigenvalue weighted by Crippen LogP contribution is -2.24. The Kier molecular flexibility index (Phi) is 8.97. The molecule has 0 fully saturated rings. The van der Waals surface area contributed by atoms with E-state index in [4.69, 9.17) is 18.9 Å². The van der Waals surface area contributed by atoms with Crippen molar-refractivity contribution in [3.05, 3.63) is 77.5 Å². The van der Waals surface area contributed by atoms with Crippen molar-refractivity contribution in [3.63, 3.8) is 0 Å². The maximum atomic E-state index is 13.8. The van der Waals surface area contributed by atoms with E-state index >= 15 is 0 Å². The van der Waals surface area contributed by atoms with Crippen LogP contribution in [0.25, 0.3) is 5.69 Å². The molecule has 1 aliphatic heterocycles. The van der Waals surface area contributed by atoms with Crippen molar-refractivity contribution in [1.29, 1.82) is 0 Å². The average molecular weight is 637 g/mol. The monoisotopic (exact) mass is 636 g/mol. The number of anilines is 1. The fraction of sp³-hybridized carbons (Fsp3) is 0.258. The fourth-order valence-corrected chi connectivity index (χ4v) is 5.61. The van der Waals surface area contributed by atoms with Gasteiger partial charge in [-0.2, -0.15) is 9.78 Å². The van der Waals surface area contributed by atoms with Crippen molar-refractivity contribution in [2.45, 2.75) is 38.6 Å². The molecule has 3 N–H and O–H groups in total. The molecule has 0 bridgehead atoms. The summed E-state index contributed by atoms with van der Waals surface area (Å²) >= 11 is 0. The number of nitrogens with one attached hydrogen (secondary N) is 2. The molecule has 1 aromatic heterocycles. The number of carboxylic acid groups (broad SMARTS) is 1. The van der Waals surface area contributed by atoms with Crippen LogP contribution < -0.4 is 29.0 Å². The number of carboxylic acids is 1. The largest absolute Gasteiger partial charge is 0.497 e. The van der Waals surface area contributed by atoms with Crippen LogP contribution in [0.15, 0.2) is 65.6 Å². The molecule has 0 spiro atoms. The SMILES string of the molecule is CCC(C)C(=O)Nc1ccc(Oc2c(C)c(C(=O)O)nn2-c2ccc(OC)cc2)c(S(=O)(=O)NCc2ccc3c(c2)OCO3)c1. The molecule has 14 heteroatoms. The maximum absolute atomic E-state index is 13.8. The predicted octanol–water partition coefficient (Wildman–Crippen LogP) is 4.87. The van der Waals surface area contributed by atoms with Gasteiger partial charge in [0, 0.05) is 23.7 Å². The summed E-state index contributed by atoms with van der Waals surface area (Å²) in [5, 5.41) is 16.8. The molecule has 1 atom stereocenters. The lowest BCUT2D eigenvalue weighted by atomic mass is 10.1. The Hall–Kier alpha value is -5.08. The van der Waals surface area contributed by atoms with Crippen LogP contribution in [0.1, 0.15) is 41.9 Å². The van der Waals surface area contributed by atoms with Crippen LogP contribution in [0, 0.1) is 12.8 Å². The third-order valence-corrected chi connectivity index (χ3v) is 8.68. The summed E-state index contributed by atoms with van der Waals surface area (Å²) in [5.41, 5.74) is 1.20. The molecule has 0 saturated heterocycles. The van der Waals surface area contributed by atoms with Gasteiger partial charge >= 0.3 is 5.97 Å². The highest BCUT2D eigenvalue weighted by molar-refractivity contribution is 7.89. The third kappa shape index (κ3) is 6.71. The van der Waals surface area contributed by atoms with E-state index in [9.17, 15) is 23.1 Å². The van der Waals surface area contributed by atoms with E-state index in [1.54, 1.807) is 49.4 Å². The van der Waals surface area contributed by atoms with E-state index in [1.807, 2.05) is 6.92 Å². The fourth-order valence-electron chi connectivity index (χ4n) is 4.44. The molecular formula is C31H32N4O9S. The average Bonchev–Trinajstić information content (AvgIpc) is 3.64. The number of ether oxygens (including phenoxy) is 4. The third-order valence-electron chi connectivity index (χ3n) is 7.26. The van der Waals surface area contributed by atoms with Gasteiger partial charge in [0.05, 0.1) is 12.8 Å². The zero-order valence-electron chi connectivity index (χ0n) is 25.0. The van der Waals surface area contributed by atoms with Crippen LogP contribution in [-0.2, 0) is 21.4 Å². The van der Waals surface area contributed by atoms with Crippen LogP contribution in [-0.4, -0.2) is 49.1 Å². The Morgan fingerprint density at radius 2 is 1.80 bits per heavy atom. The number of carbonyl (C=O) groups excluding carboxylic acids is 1. The van der Waals surface area contributed by atoms with E-state index in [1.165, 1.54) is 36.9 Å². The van der Waals surface area contributed by atoms with Gasteiger partial charge in [-0.15, -0.1) is 0 Å². The van der Waals surface area contributed by atoms with Gasteiger partial charge in [0.1, 0.15) is 16.4 Å². The van der Waals surface area contributed by atoms with Crippen molar-refractivity contribution in [3.8, 4) is 34.6 Å². The number of aromatic carboxylic acids is 1. The summed E-state index contributed by atoms with van der Waals surface area (Å²) in [6.45, 7) is 5.14. The second-order valence-corrected chi connectivity index (χ2v) is 12.0. The second-order valence-electron chi connectivity index (χ2n) is 10.3. The first-order valence-electron chi connectivity index (χ1n) is 14.0. The highest BCUT2D eigenvalue weighted by Gasteiger charge is 2.27. The van der Waals surface area contributed by atoms with Gasteiger partial charge in [-0.25, -0.2) is 17.9 Å². The lowest BCUT2D eigenvalue weighted by molar-refractivity contribution is -0.119. The first kappa shape index (κ1) is 31.3. The number of benzene rings is 3. The van der Waals surface area contributed by atoms with Crippen molar-refractivity contribution in [2.75, 3.05) is 19.2 Å². The Labute approximate surface area is 259 Å². The Morgan fingerprint density at radius 3 is 2.49 bits per heavy atom. The number of fused-ring (bicyclic) bond motifs is 1. The molecule has 1 aliphatic rings. The van der Waals surface area contributed by atoms with Crippen molar-refractivity contribution in [1.82, 2.24) is 14.5 Å². The van der Waals surface area contributed by atoms with Crippen molar-refractivity contribution < 1.29 is 42.1 Å². The Morgan fingerprint density at radius 1 is 1.07 bits per heavy atom. The summed E-state index contributed by atoms with van der Waals surface area (Å²) in [7, 11) is -2.76. The molecule has 5 rings (SSSR count). The summed E-state index contributed by atoms with van der Waals surface area (Å²) < 4.78 is 53.6. The standard InChI is InChI=1S/C31H32N4O9S/c1-5-18(2)29(36)33-21-7-13-25(27(15-21)45(39,40)32-16-20-6-12-24-26(14-20)43-17-42-24)44-30-19(3)28(31(37)38)34-35(30)22-8-10-23(41-4)11-9-22/h6-15,18,32H,5,16-17H2,1-4H3,(H,33,36)(H,37,38). The van der Waals surface area contributed by atoms with Crippen molar-refractivity contribution >= 4 is 27.6 Å². The van der Waals surface area contributed by atoms with Gasteiger partial charge in [-0.05, 0) is 73.5 Å². The second kappa shape index (κ2) is 12.9. The van der Waals surface area contributed by atoms with Gasteiger partial charge in [0.25, 0.3) is 0 Å². The molecule has 1 unspecified atom stereocenters. The number of sulfonamides is 1. The number of hydrogen-bond donors (Lipinski definition) is 3. The van der Waals surface area contributed by atoms with E-state index < -0.39 is 16.0 Å². The summed E-state index contributed by atoms with van der Waals surface area (Å²) in [4.78, 5) is 24.4. The number of amides is 1. The van der Waals surface area contributed by atoms with Crippen LogP contribution in [0.3, 0.4) is 0 Å². The highest BCUT2D eigenvalue weighted by atomic mass is 32.2. The zero-order chi connectivity index (χ0) is 32.3. The Bertz CT molecular complexity index is 1850. The molecule has 13 nitrogen and oxygen atoms in total. The maximum Gasteiger partial charge on any atom is 0.356 e. The van der Waals surface area contributed by atoms with Crippen molar-refractivity contribution in [2.24, 2.45) is 5.92 Å². The topological polar surface area (TPSA) is 167 Å². The summed E-state index contributed by atoms with van der Waals surface area (Å²) in [5.74, 6) is -0.367. The van der Waals surface area contributed by atoms with Gasteiger partial charge in [-0.1, -0.05) is 19.9 Å². The molecule has 0 aliphatic carbocycles. The van der Waals surface area contributed by atoms with Gasteiger partial charge in [0.15, 0.2) is 17.2 Å². The van der Waals surface area contributed by atoms with E-state index in [2.05, 4.69) is 15.1 Å². The normalized spacial score (nSPS) is 12.9. The van der Waals surface area contributed by atoms with E-state index in [0.29, 0.717) is 34.9 Å². The number of carbonyl (C=O) groups is 2. The molecule has 2 heterocycles. The Balaban J connectivity index is 1.54. The van der Waals surface area contributed by atoms with Crippen LogP contribution in [0.5, 0.6) is 28.9 Å². The zero-order valence-corrected chi connectivity index (χ0v) is 25.8. The number of hydrogen-bond acceptors (Lipinski definition) is 9. The van der Waals surface area contributed by atoms with Crippen LogP contribution >= 0.6 is 0 Å². The molecule has 236 valence electrons. The number of methoxy groups -OCH3 is 1. The first-order chi connectivity index (χ1) is 21.5. The number of aromatic nitrogens is 2. The molecule has 0 saturated carbocycles. The molecule has 0 radical (unpaired) electrons. The quantitative estimate of drug-likeness (QED) is 0.195. The lowest BCUT2D eigenvalue weighted by Gasteiger charge is -2.17. The molecule has 4 aromatic rings. The van der Waals surface area contributed by atoms with Gasteiger partial charge < -0.3 is 29.4 Å². The molecule has 1 amide bonds.